The van der Waals surface area contributed by atoms with Gasteiger partial charge in [-0.1, -0.05) is 62.2 Å². The summed E-state index contributed by atoms with van der Waals surface area (Å²) < 4.78 is 40.0. The Labute approximate surface area is 311 Å². The summed E-state index contributed by atoms with van der Waals surface area (Å²) in [6, 6.07) is 9.91. The molecular weight excluding hydrogens is 697 g/mol. The Bertz CT molecular complexity index is 1900. The zero-order chi connectivity index (χ0) is 37.3. The highest BCUT2D eigenvalue weighted by atomic mass is 32.2. The first-order chi connectivity index (χ1) is 25.5. The van der Waals surface area contributed by atoms with Crippen LogP contribution in [0.5, 0.6) is 5.75 Å². The number of sulfonamides is 1. The predicted molar refractivity (Wildman–Crippen MR) is 200 cm³/mol. The monoisotopic (exact) mass is 746 g/mol. The van der Waals surface area contributed by atoms with Gasteiger partial charge in [0.1, 0.15) is 29.5 Å². The van der Waals surface area contributed by atoms with Crippen molar-refractivity contribution in [3.63, 3.8) is 0 Å². The Morgan fingerprint density at radius 1 is 0.981 bits per heavy atom. The second kappa shape index (κ2) is 15.2. The van der Waals surface area contributed by atoms with E-state index in [0.29, 0.717) is 31.4 Å². The van der Waals surface area contributed by atoms with Crippen molar-refractivity contribution in [2.75, 3.05) is 13.2 Å². The molecule has 2 aliphatic heterocycles. The van der Waals surface area contributed by atoms with E-state index in [1.165, 1.54) is 11.0 Å². The van der Waals surface area contributed by atoms with Gasteiger partial charge in [0.25, 0.3) is 5.91 Å². The summed E-state index contributed by atoms with van der Waals surface area (Å²) in [5, 5.41) is 7.12. The predicted octanol–water partition coefficient (Wildman–Crippen LogP) is 5.12. The van der Waals surface area contributed by atoms with Gasteiger partial charge < -0.3 is 25.0 Å². The molecule has 284 valence electrons. The standard InChI is InChI=1S/C40H50N4O8S/c1-3-28-23-40(28,38(47)43-53(49,50)30-18-19-30)42-36(45)32-22-29-24-44(32)37(46)35(27-14-7-4-8-15-27)41-39(48)51-21-11-5-6-12-25(2)34-31-16-10-9-13-26(31)17-20-33(34)52-29/h3,9-10,13,16-17,20,27-30,32,35H,1-2,4-8,11-12,14-15,18-19,21-24H2,(H,41,48)(H,42,45)(H,43,47)/t28-,29+,32-,35?,40+/m0/s1. The van der Waals surface area contributed by atoms with Crippen LogP contribution in [0.1, 0.15) is 89.0 Å². The summed E-state index contributed by atoms with van der Waals surface area (Å²) in [6.45, 7) is 8.50. The number of benzene rings is 2. The third-order valence-electron chi connectivity index (χ3n) is 11.7. The first-order valence-electron chi connectivity index (χ1n) is 19.1. The molecule has 5 atom stereocenters. The van der Waals surface area contributed by atoms with Crippen LogP contribution in [-0.4, -0.2) is 79.3 Å². The lowest BCUT2D eigenvalue weighted by Gasteiger charge is -2.34. The van der Waals surface area contributed by atoms with Gasteiger partial charge >= 0.3 is 6.09 Å². The van der Waals surface area contributed by atoms with Crippen LogP contribution in [0.3, 0.4) is 0 Å². The molecule has 3 aliphatic carbocycles. The molecular formula is C40H50N4O8S. The van der Waals surface area contributed by atoms with Crippen LogP contribution < -0.4 is 20.1 Å². The summed E-state index contributed by atoms with van der Waals surface area (Å²) in [5.74, 6) is -1.87. The highest BCUT2D eigenvalue weighted by Gasteiger charge is 2.62. The molecule has 2 bridgehead atoms. The van der Waals surface area contributed by atoms with Crippen molar-refractivity contribution in [1.82, 2.24) is 20.3 Å². The van der Waals surface area contributed by atoms with Crippen LogP contribution in [-0.2, 0) is 29.1 Å². The maximum atomic E-state index is 14.7. The topological polar surface area (TPSA) is 160 Å². The zero-order valence-electron chi connectivity index (χ0n) is 30.1. The lowest BCUT2D eigenvalue weighted by molar-refractivity contribution is -0.142. The fourth-order valence-electron chi connectivity index (χ4n) is 8.39. The van der Waals surface area contributed by atoms with E-state index in [9.17, 15) is 27.6 Å². The molecule has 7 rings (SSSR count). The summed E-state index contributed by atoms with van der Waals surface area (Å²) in [4.78, 5) is 57.3. The second-order valence-corrected chi connectivity index (χ2v) is 17.4. The third kappa shape index (κ3) is 7.81. The van der Waals surface area contributed by atoms with E-state index in [2.05, 4.69) is 28.5 Å². The molecule has 2 aromatic carbocycles. The van der Waals surface area contributed by atoms with E-state index < -0.39 is 68.7 Å². The van der Waals surface area contributed by atoms with E-state index in [1.807, 2.05) is 36.4 Å². The minimum atomic E-state index is -3.88. The number of ether oxygens (including phenoxy) is 2. The van der Waals surface area contributed by atoms with E-state index in [1.54, 1.807) is 0 Å². The SMILES string of the molecule is C=C[C@H]1C[C@]1(NC(=O)[C@@H]1C[C@@H]2CN1C(=O)C(C1CCCCC1)NC(=O)OCCCCCC(=C)c1c(ccc3ccccc13)O2)C(=O)NS(=O)(=O)C1CC1. The number of rotatable bonds is 7. The molecule has 2 aromatic rings. The molecule has 0 aromatic heterocycles. The third-order valence-corrected chi connectivity index (χ3v) is 13.5. The molecule has 4 fully saturated rings. The van der Waals surface area contributed by atoms with Crippen LogP contribution in [0.4, 0.5) is 4.79 Å². The first kappa shape index (κ1) is 36.9. The van der Waals surface area contributed by atoms with E-state index in [-0.39, 0.29) is 31.9 Å². The van der Waals surface area contributed by atoms with Gasteiger partial charge in [-0.25, -0.2) is 13.2 Å². The molecule has 1 unspecified atom stereocenters. The quantitative estimate of drug-likeness (QED) is 0.330. The van der Waals surface area contributed by atoms with Crippen molar-refractivity contribution < 1.29 is 37.1 Å². The number of carbonyl (C=O) groups excluding carboxylic acids is 4. The van der Waals surface area contributed by atoms with Crippen molar-refractivity contribution in [2.45, 2.75) is 112 Å². The average Bonchev–Trinajstić information content (AvgIpc) is 4.08. The van der Waals surface area contributed by atoms with Crippen molar-refractivity contribution in [3.8, 4) is 5.75 Å². The number of carbonyl (C=O) groups is 4. The molecule has 3 N–H and O–H groups in total. The Kier molecular flexibility index (Phi) is 10.6. The van der Waals surface area contributed by atoms with Crippen LogP contribution in [0, 0.1) is 11.8 Å². The first-order valence-corrected chi connectivity index (χ1v) is 20.7. The number of hydrogen-bond acceptors (Lipinski definition) is 8. The van der Waals surface area contributed by atoms with Gasteiger partial charge in [-0.05, 0) is 86.1 Å². The van der Waals surface area contributed by atoms with Crippen LogP contribution in [0.25, 0.3) is 16.3 Å². The van der Waals surface area contributed by atoms with Crippen molar-refractivity contribution in [1.29, 1.82) is 0 Å². The number of nitrogens with one attached hydrogen (secondary N) is 3. The molecule has 53 heavy (non-hydrogen) atoms. The normalized spacial score (nSPS) is 28.8. The number of amides is 4. The average molecular weight is 747 g/mol. The number of nitrogens with zero attached hydrogens (tertiary/aromatic N) is 1. The minimum absolute atomic E-state index is 0.0513. The molecule has 1 saturated heterocycles. The maximum Gasteiger partial charge on any atom is 0.407 e. The van der Waals surface area contributed by atoms with Gasteiger partial charge in [0, 0.05) is 17.9 Å². The molecule has 4 amide bonds. The number of fused-ring (bicyclic) bond motifs is 5. The molecule has 2 heterocycles. The molecule has 0 radical (unpaired) electrons. The van der Waals surface area contributed by atoms with Gasteiger partial charge in [0.05, 0.1) is 18.4 Å². The van der Waals surface area contributed by atoms with Crippen LogP contribution >= 0.6 is 0 Å². The van der Waals surface area contributed by atoms with Crippen molar-refractivity contribution in [2.24, 2.45) is 11.8 Å². The molecule has 13 heteroatoms. The summed E-state index contributed by atoms with van der Waals surface area (Å²) in [6.07, 6.45) is 8.83. The Balaban J connectivity index is 1.22. The largest absolute Gasteiger partial charge is 0.488 e. The maximum absolute atomic E-state index is 14.7. The Hall–Kier alpha value is -4.39. The van der Waals surface area contributed by atoms with E-state index in [4.69, 9.17) is 9.47 Å². The van der Waals surface area contributed by atoms with E-state index >= 15 is 0 Å². The smallest absolute Gasteiger partial charge is 0.407 e. The number of hydrogen-bond donors (Lipinski definition) is 3. The lowest BCUT2D eigenvalue weighted by atomic mass is 9.83. The zero-order valence-corrected chi connectivity index (χ0v) is 31.0. The molecule has 12 nitrogen and oxygen atoms in total. The number of alkyl carbamates (subject to hydrolysis) is 1. The van der Waals surface area contributed by atoms with E-state index in [0.717, 1.165) is 66.9 Å². The van der Waals surface area contributed by atoms with Gasteiger partial charge in [-0.2, -0.15) is 0 Å². The molecule has 3 saturated carbocycles. The van der Waals surface area contributed by atoms with Crippen LogP contribution in [0.15, 0.2) is 55.6 Å². The fraction of sp³-hybridized carbons (Fsp3) is 0.550. The minimum Gasteiger partial charge on any atom is -0.488 e. The highest BCUT2D eigenvalue weighted by molar-refractivity contribution is 7.91. The second-order valence-electron chi connectivity index (χ2n) is 15.4. The lowest BCUT2D eigenvalue weighted by Crippen LogP contribution is -2.59. The molecule has 5 aliphatic rings. The Morgan fingerprint density at radius 3 is 2.47 bits per heavy atom. The van der Waals surface area contributed by atoms with Gasteiger partial charge in [-0.15, -0.1) is 6.58 Å². The van der Waals surface area contributed by atoms with Crippen LogP contribution in [0.2, 0.25) is 0 Å². The summed E-state index contributed by atoms with van der Waals surface area (Å²) >= 11 is 0. The Morgan fingerprint density at radius 2 is 1.74 bits per heavy atom. The summed E-state index contributed by atoms with van der Waals surface area (Å²) in [7, 11) is -3.88. The fourth-order valence-corrected chi connectivity index (χ4v) is 9.76. The van der Waals surface area contributed by atoms with Crippen molar-refractivity contribution in [3.05, 3.63) is 61.2 Å². The van der Waals surface area contributed by atoms with Crippen molar-refractivity contribution >= 4 is 50.2 Å². The van der Waals surface area contributed by atoms with Gasteiger partial charge in [0.2, 0.25) is 21.8 Å². The number of cyclic esters (lactones) is 1. The summed E-state index contributed by atoms with van der Waals surface area (Å²) in [5.41, 5.74) is 0.261. The number of allylic oxidation sites excluding steroid dienone is 1. The molecule has 0 spiro atoms. The van der Waals surface area contributed by atoms with Gasteiger partial charge in [-0.3, -0.25) is 19.1 Å². The highest BCUT2D eigenvalue weighted by Crippen LogP contribution is 2.46. The van der Waals surface area contributed by atoms with Gasteiger partial charge in [0.15, 0.2) is 0 Å².